The van der Waals surface area contributed by atoms with Gasteiger partial charge in [0.05, 0.1) is 48.3 Å². The van der Waals surface area contributed by atoms with E-state index in [9.17, 15) is 115 Å². The van der Waals surface area contributed by atoms with Gasteiger partial charge in [-0.3, -0.25) is 95.9 Å². The maximum Gasteiger partial charge on any atom is 0.786 e. The number of carbonyl (C=O) groups excluding carboxylic acids is 24. The van der Waals surface area contributed by atoms with Crippen LogP contribution in [0.4, 0.5) is 0 Å². The van der Waals surface area contributed by atoms with Gasteiger partial charge in [0, 0.05) is 51.4 Å². The number of hydrogen-bond acceptors (Lipinski definition) is 52. The van der Waals surface area contributed by atoms with Crippen molar-refractivity contribution in [3.05, 3.63) is 131 Å². The summed E-state index contributed by atoms with van der Waals surface area (Å²) < 4.78 is 134. The van der Waals surface area contributed by atoms with E-state index in [1.54, 1.807) is 97.1 Å². The Morgan fingerprint density at radius 3 is 0.643 bits per heavy atom. The van der Waals surface area contributed by atoms with E-state index >= 15 is 0 Å². The predicted molar refractivity (Wildman–Crippen MR) is 392 cm³/mol. The first-order valence-electron chi connectivity index (χ1n) is 38.6. The molecule has 2 unspecified atom stereocenters. The van der Waals surface area contributed by atoms with Gasteiger partial charge in [-0.25, -0.2) is 19.2 Å². The quantitative estimate of drug-likeness (QED) is 0.143. The lowest BCUT2D eigenvalue weighted by molar-refractivity contribution is -0.180. The number of fused-ring (bicyclic) bond motifs is 2. The van der Waals surface area contributed by atoms with Crippen LogP contribution in [0.5, 0.6) is 11.5 Å². The molecule has 0 saturated carbocycles. The first-order chi connectivity index (χ1) is 61.3. The molecule has 4 aromatic carbocycles. The highest BCUT2D eigenvalue weighted by atomic mass is 17.0. The Labute approximate surface area is 718 Å². The highest BCUT2D eigenvalue weighted by Gasteiger charge is 2.62. The SMILES string of the molecule is O=C1CC(=O)O[B-]2(O1)OC(=O)CC(=O)O2.O=C1CCC(=O)O[B-]2(O1)OC(=O)CCC(=O)O2.O=C1CCCC(=O)O[B-]2(O1)OC(=O)CCCC(=O)O2.O=C1CCCCC(=O)O[B-]2(O1)OC(=O)CCCCC(=O)O2.O=C1O[B-]2(OC(=O)C(c3ccccc3)O2)OC1c1ccccc1.O=C1O[B-]2(OC(=O)c3ccccc3O2)Oc2ccccc21.O=C1O[B-]2(OC1=O)OC(=O)C(=O)O2. The van der Waals surface area contributed by atoms with E-state index in [4.69, 9.17) is 74.5 Å². The highest BCUT2D eigenvalue weighted by Crippen LogP contribution is 2.42. The number of para-hydroxylation sites is 2. The Hall–Kier alpha value is -15.9. The zero-order valence-corrected chi connectivity index (χ0v) is 66.0. The lowest BCUT2D eigenvalue weighted by Gasteiger charge is -2.45. The summed E-state index contributed by atoms with van der Waals surface area (Å²) in [6, 6.07) is 30.7. The van der Waals surface area contributed by atoms with Gasteiger partial charge in [-0.05, 0) is 73.9 Å². The van der Waals surface area contributed by atoms with Crippen molar-refractivity contribution in [1.29, 1.82) is 0 Å². The van der Waals surface area contributed by atoms with Gasteiger partial charge < -0.3 is 130 Å². The van der Waals surface area contributed by atoms with E-state index in [0.29, 0.717) is 36.8 Å². The molecule has 52 nitrogen and oxygen atoms in total. The Kier molecular flexibility index (Phi) is 28.0. The summed E-state index contributed by atoms with van der Waals surface area (Å²) in [5, 5.41) is 0. The molecule has 0 bridgehead atoms. The van der Waals surface area contributed by atoms with Crippen LogP contribution in [0.3, 0.4) is 0 Å². The standard InChI is InChI=1S/C16H12BO6.C14H8BO6.C12H16BO8.C10H12BO8.C8H8BO8.C6H4BO8.C4BO8/c18-15-13(11-7-3-1-4-8-11)20-17(22-15)21-14(16(19)23-17)12-9-5-2-6-10-12;16-13-9-5-1-3-7-11(9)18-15(20-13)19-12-8-4-2-6-10(12)14(17)21-15;14-9-5-1-2-6-10(15)19-13(18-9)20-11(16)7-3-4-8-12(17)21-13;12-7-3-1-4-8(13)17-11(16-7)18-9(14)5-2-6-10(15)19-11;10-5-1-2-6(11)15-9(14-5)16-7(12)3-4-8(13)17-9;8-3-1-4(9)13-7(12-3)14-5(10)2-6(11)15-7;6-1-2(7)11-5(10-1)12-3(8)4(9)13-5/h1-10,13-14H;1-8H;1-8H2;1-6H2;1-4H2;1-2H2;/q7*-1. The minimum absolute atomic E-state index is 0.0231. The molecule has 59 heteroatoms. The average molecular weight is 1810 g/mol. The Bertz CT molecular complexity index is 4790. The molecule has 0 aliphatic carbocycles. The smallest absolute Gasteiger partial charge is 0.610 e. The van der Waals surface area contributed by atoms with Crippen molar-refractivity contribution in [2.75, 3.05) is 0 Å². The maximum absolute atomic E-state index is 12.1. The molecule has 12 saturated heterocycles. The molecule has 14 aliphatic rings. The molecule has 4 aromatic rings. The molecule has 0 radical (unpaired) electrons. The molecular weight excluding hydrogens is 1750 g/mol. The van der Waals surface area contributed by atoms with E-state index in [-0.39, 0.29) is 113 Å². The van der Waals surface area contributed by atoms with Crippen molar-refractivity contribution in [2.45, 2.75) is 141 Å². The molecule has 14 aliphatic heterocycles. The van der Waals surface area contributed by atoms with Crippen LogP contribution in [0.1, 0.15) is 172 Å². The summed E-state index contributed by atoms with van der Waals surface area (Å²) in [7, 11) is 0. The Morgan fingerprint density at radius 2 is 0.380 bits per heavy atom. The monoisotopic (exact) mass is 1810 g/mol. The van der Waals surface area contributed by atoms with E-state index in [0.717, 1.165) is 0 Å². The number of benzene rings is 4. The molecule has 2 atom stereocenters. The van der Waals surface area contributed by atoms with Crippen molar-refractivity contribution >= 4 is 192 Å². The molecule has 680 valence electrons. The van der Waals surface area contributed by atoms with Gasteiger partial charge in [0.15, 0.2) is 0 Å². The number of carbonyl (C=O) groups is 24. The van der Waals surface area contributed by atoms with Crippen molar-refractivity contribution < 1.29 is 245 Å². The van der Waals surface area contributed by atoms with Crippen molar-refractivity contribution in [2.24, 2.45) is 0 Å². The van der Waals surface area contributed by atoms with Crippen molar-refractivity contribution in [1.82, 2.24) is 0 Å². The fourth-order valence-corrected chi connectivity index (χ4v) is 12.4. The summed E-state index contributed by atoms with van der Waals surface area (Å²) in [6.45, 7) is -22.9. The van der Waals surface area contributed by atoms with E-state index in [1.165, 1.54) is 0 Å². The summed E-state index contributed by atoms with van der Waals surface area (Å²) in [5.74, 6) is -20.9. The molecule has 129 heavy (non-hydrogen) atoms. The normalized spacial score (nSPS) is 24.0. The zero-order valence-electron chi connectivity index (χ0n) is 66.0. The second-order valence-corrected chi connectivity index (χ2v) is 27.7. The summed E-state index contributed by atoms with van der Waals surface area (Å²) in [4.78, 5) is 271. The largest absolute Gasteiger partial charge is 0.786 e. The minimum atomic E-state index is -3.50. The second kappa shape index (κ2) is 39.1. The molecule has 12 fully saturated rings. The summed E-state index contributed by atoms with van der Waals surface area (Å²) in [5.41, 5.74) is 1.73. The maximum atomic E-state index is 12.1. The predicted octanol–water partition coefficient (Wildman–Crippen LogP) is -0.116. The molecule has 14 heterocycles. The second-order valence-electron chi connectivity index (χ2n) is 27.7. The van der Waals surface area contributed by atoms with Gasteiger partial charge in [-0.15, -0.1) is 0 Å². The molecule has 0 N–H and O–H groups in total. The van der Waals surface area contributed by atoms with Gasteiger partial charge in [0.25, 0.3) is 107 Å². The van der Waals surface area contributed by atoms with E-state index in [1.807, 2.05) is 12.1 Å². The van der Waals surface area contributed by atoms with Gasteiger partial charge in [0.2, 0.25) is 0 Å². The first-order valence-corrected chi connectivity index (χ1v) is 38.6. The lowest BCUT2D eigenvalue weighted by atomic mass is 9.96. The zero-order chi connectivity index (χ0) is 92.6. The molecule has 0 amide bonds. The molecule has 18 rings (SSSR count). The van der Waals surface area contributed by atoms with Crippen LogP contribution < -0.4 is 9.31 Å². The van der Waals surface area contributed by atoms with Crippen molar-refractivity contribution in [3.63, 3.8) is 0 Å². The van der Waals surface area contributed by atoms with Crippen molar-refractivity contribution in [3.8, 4) is 11.5 Å². The third-order valence-corrected chi connectivity index (χ3v) is 18.0. The first kappa shape index (κ1) is 92.3. The van der Waals surface area contributed by atoms with E-state index in [2.05, 4.69) is 55.9 Å². The highest BCUT2D eigenvalue weighted by molar-refractivity contribution is 6.74. The molecule has 7 spiro atoms. The van der Waals surface area contributed by atoms with Gasteiger partial charge >= 0.3 is 84.5 Å². The lowest BCUT2D eigenvalue weighted by Crippen LogP contribution is -2.61. The number of hydrogen-bond donors (Lipinski definition) is 0. The Morgan fingerprint density at radius 1 is 0.178 bits per heavy atom. The third kappa shape index (κ3) is 24.0. The van der Waals surface area contributed by atoms with E-state index < -0.39 is 217 Å². The topological polar surface area (TPSA) is 668 Å². The van der Waals surface area contributed by atoms with Gasteiger partial charge in [0.1, 0.15) is 25.0 Å². The van der Waals surface area contributed by atoms with Crippen LogP contribution >= 0.6 is 0 Å². The van der Waals surface area contributed by atoms with Crippen LogP contribution in [0, 0.1) is 0 Å². The van der Waals surface area contributed by atoms with Crippen LogP contribution in [0.25, 0.3) is 0 Å². The van der Waals surface area contributed by atoms with Crippen LogP contribution in [-0.4, -0.2) is 192 Å². The minimum Gasteiger partial charge on any atom is -0.610 e. The molecule has 0 aromatic heterocycles. The third-order valence-electron chi connectivity index (χ3n) is 18.0. The summed E-state index contributed by atoms with van der Waals surface area (Å²) in [6.07, 6.45) is -1.93. The average Bonchev–Trinajstić information content (AvgIpc) is 1.72. The van der Waals surface area contributed by atoms with Gasteiger partial charge in [-0.1, -0.05) is 84.9 Å². The fourth-order valence-electron chi connectivity index (χ4n) is 12.4. The van der Waals surface area contributed by atoms with Crippen LogP contribution in [-0.2, 0) is 226 Å². The molecular formula is C70H60B7O52-7. The Balaban J connectivity index is 0.000000137. The van der Waals surface area contributed by atoms with Crippen LogP contribution in [0.2, 0.25) is 0 Å². The van der Waals surface area contributed by atoms with Gasteiger partial charge in [-0.2, -0.15) is 0 Å². The fraction of sp³-hybridized carbons (Fsp3) is 0.314. The van der Waals surface area contributed by atoms with Crippen LogP contribution in [0.15, 0.2) is 109 Å². The summed E-state index contributed by atoms with van der Waals surface area (Å²) >= 11 is 0. The number of rotatable bonds is 2.